The minimum Gasteiger partial charge on any atom is -0.310 e. The predicted molar refractivity (Wildman–Crippen MR) is 75.5 cm³/mol. The molecule has 1 aliphatic rings. The van der Waals surface area contributed by atoms with Crippen molar-refractivity contribution in [2.24, 2.45) is 0 Å². The van der Waals surface area contributed by atoms with Crippen molar-refractivity contribution in [3.63, 3.8) is 0 Å². The lowest BCUT2D eigenvalue weighted by atomic mass is 10.2. The summed E-state index contributed by atoms with van der Waals surface area (Å²) in [6.07, 6.45) is 2.30. The summed E-state index contributed by atoms with van der Waals surface area (Å²) in [4.78, 5) is 21.8. The van der Waals surface area contributed by atoms with E-state index < -0.39 is 0 Å². The second kappa shape index (κ2) is 3.76. The Balaban J connectivity index is 1.99. The molecule has 0 aliphatic heterocycles. The molecular weight excluding hydrogens is 264 g/mol. The first-order valence-corrected chi connectivity index (χ1v) is 7.64. The summed E-state index contributed by atoms with van der Waals surface area (Å²) in [6.45, 7) is 0. The van der Waals surface area contributed by atoms with E-state index in [-0.39, 0.29) is 5.56 Å². The molecule has 1 fully saturated rings. The van der Waals surface area contributed by atoms with Crippen molar-refractivity contribution in [3.8, 4) is 10.4 Å². The minimum absolute atomic E-state index is 0.00606. The highest BCUT2D eigenvalue weighted by atomic mass is 32.1. The number of nitrogens with zero attached hydrogens (tertiary/aromatic N) is 1. The predicted octanol–water partition coefficient (Wildman–Crippen LogP) is 3.59. The highest BCUT2D eigenvalue weighted by Crippen LogP contribution is 2.39. The normalized spacial score (nSPS) is 15.3. The maximum atomic E-state index is 12.2. The quantitative estimate of drug-likeness (QED) is 0.776. The van der Waals surface area contributed by atoms with Crippen molar-refractivity contribution < 1.29 is 0 Å². The first-order valence-electron chi connectivity index (χ1n) is 5.88. The lowest BCUT2D eigenvalue weighted by Crippen LogP contribution is -2.10. The summed E-state index contributed by atoms with van der Waals surface area (Å²) in [5, 5.41) is 4.81. The highest BCUT2D eigenvalue weighted by Gasteiger charge is 2.27. The molecule has 3 heterocycles. The van der Waals surface area contributed by atoms with Crippen LogP contribution in [-0.2, 0) is 0 Å². The van der Waals surface area contributed by atoms with Gasteiger partial charge in [-0.15, -0.1) is 22.7 Å². The molecule has 0 bridgehead atoms. The molecule has 3 nitrogen and oxygen atoms in total. The van der Waals surface area contributed by atoms with Crippen molar-refractivity contribution in [2.45, 2.75) is 18.8 Å². The average Bonchev–Trinajstić information content (AvgIpc) is 2.90. The topological polar surface area (TPSA) is 45.8 Å². The zero-order valence-corrected chi connectivity index (χ0v) is 11.1. The molecular formula is C13H10N2OS2. The molecule has 0 amide bonds. The lowest BCUT2D eigenvalue weighted by molar-refractivity contribution is 0.935. The molecule has 0 spiro atoms. The molecule has 18 heavy (non-hydrogen) atoms. The molecule has 0 radical (unpaired) electrons. The molecule has 3 aromatic rings. The van der Waals surface area contributed by atoms with Crippen molar-refractivity contribution in [2.75, 3.05) is 0 Å². The van der Waals surface area contributed by atoms with Gasteiger partial charge in [-0.05, 0) is 24.3 Å². The Morgan fingerprint density at radius 2 is 2.22 bits per heavy atom. The number of H-pyrrole nitrogens is 1. The van der Waals surface area contributed by atoms with Gasteiger partial charge >= 0.3 is 0 Å². The number of nitrogens with one attached hydrogen (secondary N) is 1. The van der Waals surface area contributed by atoms with Crippen molar-refractivity contribution in [1.82, 2.24) is 9.97 Å². The van der Waals surface area contributed by atoms with Gasteiger partial charge in [-0.25, -0.2) is 4.98 Å². The van der Waals surface area contributed by atoms with Crippen LogP contribution in [0, 0.1) is 0 Å². The summed E-state index contributed by atoms with van der Waals surface area (Å²) >= 11 is 3.21. The Morgan fingerprint density at radius 3 is 2.94 bits per heavy atom. The minimum atomic E-state index is 0.00606. The molecule has 90 valence electrons. The van der Waals surface area contributed by atoms with Crippen LogP contribution < -0.4 is 5.56 Å². The van der Waals surface area contributed by atoms with Crippen LogP contribution in [0.5, 0.6) is 0 Å². The third kappa shape index (κ3) is 1.54. The first kappa shape index (κ1) is 10.5. The lowest BCUT2D eigenvalue weighted by Gasteiger charge is -1.98. The van der Waals surface area contributed by atoms with Gasteiger partial charge in [-0.1, -0.05) is 6.07 Å². The van der Waals surface area contributed by atoms with Crippen molar-refractivity contribution in [1.29, 1.82) is 0 Å². The van der Waals surface area contributed by atoms with E-state index in [9.17, 15) is 4.79 Å². The van der Waals surface area contributed by atoms with Gasteiger partial charge < -0.3 is 4.98 Å². The van der Waals surface area contributed by atoms with Crippen LogP contribution in [0.2, 0.25) is 0 Å². The van der Waals surface area contributed by atoms with E-state index in [1.165, 1.54) is 0 Å². The SMILES string of the molecule is O=c1[nH]c(C2CC2)nc2scc(-c3cccs3)c12. The monoisotopic (exact) mass is 274 g/mol. The van der Waals surface area contributed by atoms with Crippen molar-refractivity contribution >= 4 is 32.9 Å². The smallest absolute Gasteiger partial charge is 0.260 e. The van der Waals surface area contributed by atoms with Gasteiger partial charge in [-0.2, -0.15) is 0 Å². The Kier molecular flexibility index (Phi) is 2.19. The van der Waals surface area contributed by atoms with Crippen LogP contribution in [0.1, 0.15) is 24.6 Å². The molecule has 0 atom stereocenters. The number of aromatic nitrogens is 2. The molecule has 1 N–H and O–H groups in total. The van der Waals surface area contributed by atoms with Gasteiger partial charge in [0.25, 0.3) is 5.56 Å². The average molecular weight is 274 g/mol. The Hall–Kier alpha value is -1.46. The summed E-state index contributed by atoms with van der Waals surface area (Å²) in [5.41, 5.74) is 1.02. The Bertz CT molecular complexity index is 766. The summed E-state index contributed by atoms with van der Waals surface area (Å²) in [6, 6.07) is 4.05. The number of hydrogen-bond acceptors (Lipinski definition) is 4. The standard InChI is InChI=1S/C13H10N2OS2/c16-12-10-8(9-2-1-5-17-9)6-18-13(10)15-11(14-12)7-3-4-7/h1-2,5-7H,3-4H2,(H,14,15,16). The van der Waals surface area contributed by atoms with Crippen LogP contribution in [-0.4, -0.2) is 9.97 Å². The third-order valence-corrected chi connectivity index (χ3v) is 4.99. The third-order valence-electron chi connectivity index (χ3n) is 3.21. The van der Waals surface area contributed by atoms with Crippen LogP contribution >= 0.6 is 22.7 Å². The van der Waals surface area contributed by atoms with Crippen LogP contribution in [0.15, 0.2) is 27.7 Å². The second-order valence-electron chi connectivity index (χ2n) is 4.53. The molecule has 4 rings (SSSR count). The van der Waals surface area contributed by atoms with Crippen molar-refractivity contribution in [3.05, 3.63) is 39.1 Å². The highest BCUT2D eigenvalue weighted by molar-refractivity contribution is 7.18. The molecule has 5 heteroatoms. The zero-order valence-electron chi connectivity index (χ0n) is 9.47. The van der Waals surface area contributed by atoms with Gasteiger partial charge in [0.15, 0.2) is 0 Å². The van der Waals surface area contributed by atoms with Gasteiger partial charge in [-0.3, -0.25) is 4.79 Å². The van der Waals surface area contributed by atoms with E-state index in [0.29, 0.717) is 5.92 Å². The number of fused-ring (bicyclic) bond motifs is 1. The fourth-order valence-electron chi connectivity index (χ4n) is 2.13. The van der Waals surface area contributed by atoms with Gasteiger partial charge in [0.05, 0.1) is 5.39 Å². The Morgan fingerprint density at radius 1 is 1.33 bits per heavy atom. The van der Waals surface area contributed by atoms with E-state index >= 15 is 0 Å². The Labute approximate surface area is 111 Å². The number of aromatic amines is 1. The maximum Gasteiger partial charge on any atom is 0.260 e. The zero-order chi connectivity index (χ0) is 12.1. The van der Waals surface area contributed by atoms with Crippen LogP contribution in [0.4, 0.5) is 0 Å². The number of rotatable bonds is 2. The largest absolute Gasteiger partial charge is 0.310 e. The number of hydrogen-bond donors (Lipinski definition) is 1. The molecule has 1 saturated carbocycles. The molecule has 0 saturated heterocycles. The van der Waals surface area contributed by atoms with Crippen LogP contribution in [0.25, 0.3) is 20.7 Å². The molecule has 0 aromatic carbocycles. The summed E-state index contributed by atoms with van der Waals surface area (Å²) in [7, 11) is 0. The van der Waals surface area contributed by atoms with E-state index in [1.54, 1.807) is 22.7 Å². The van der Waals surface area contributed by atoms with E-state index in [2.05, 4.69) is 9.97 Å². The van der Waals surface area contributed by atoms with Crippen LogP contribution in [0.3, 0.4) is 0 Å². The van der Waals surface area contributed by atoms with E-state index in [1.807, 2.05) is 22.9 Å². The summed E-state index contributed by atoms with van der Waals surface area (Å²) < 4.78 is 0. The first-order chi connectivity index (χ1) is 8.83. The van der Waals surface area contributed by atoms with E-state index in [4.69, 9.17) is 0 Å². The van der Waals surface area contributed by atoms with Gasteiger partial charge in [0.2, 0.25) is 0 Å². The second-order valence-corrected chi connectivity index (χ2v) is 6.34. The maximum absolute atomic E-state index is 12.2. The van der Waals surface area contributed by atoms with Gasteiger partial charge in [0.1, 0.15) is 10.7 Å². The fourth-order valence-corrected chi connectivity index (χ4v) is 3.90. The molecule has 1 aliphatic carbocycles. The molecule has 0 unspecified atom stereocenters. The number of thiophene rings is 2. The molecule has 3 aromatic heterocycles. The summed E-state index contributed by atoms with van der Waals surface area (Å²) in [5.74, 6) is 1.35. The van der Waals surface area contributed by atoms with E-state index in [0.717, 1.165) is 39.3 Å². The fraction of sp³-hybridized carbons (Fsp3) is 0.231. The van der Waals surface area contributed by atoms with Gasteiger partial charge in [0, 0.05) is 21.7 Å².